The number of aromatic amines is 1. The van der Waals surface area contributed by atoms with Crippen LogP contribution in [0.2, 0.25) is 0 Å². The molecule has 12 nitrogen and oxygen atoms in total. The predicted molar refractivity (Wildman–Crippen MR) is 161 cm³/mol. The molecule has 12 heteroatoms. The van der Waals surface area contributed by atoms with Gasteiger partial charge in [0.2, 0.25) is 5.91 Å². The van der Waals surface area contributed by atoms with Gasteiger partial charge in [-0.15, -0.1) is 0 Å². The predicted octanol–water partition coefficient (Wildman–Crippen LogP) is 3.93. The Morgan fingerprint density at radius 2 is 1.98 bits per heavy atom. The van der Waals surface area contributed by atoms with E-state index in [1.165, 1.54) is 25.1 Å². The molecule has 4 aromatic rings. The molecule has 6 rings (SSSR count). The van der Waals surface area contributed by atoms with Crippen LogP contribution in [0.25, 0.3) is 11.0 Å². The molecule has 0 bridgehead atoms. The third-order valence-electron chi connectivity index (χ3n) is 7.56. The van der Waals surface area contributed by atoms with Gasteiger partial charge in [-0.05, 0) is 62.7 Å². The van der Waals surface area contributed by atoms with Crippen LogP contribution in [0.1, 0.15) is 35.2 Å². The van der Waals surface area contributed by atoms with Crippen molar-refractivity contribution in [1.82, 2.24) is 30.0 Å². The Balaban J connectivity index is 1.08. The molecule has 2 fully saturated rings. The number of carbonyl (C=O) groups excluding carboxylic acids is 2. The molecule has 2 aliphatic rings. The Hall–Kier alpha value is -5.28. The standard InChI is InChI=1S/C31H31N9O3/c1-39(23-6-7-23)15-2-3-27(41)40-16-12-22(19-40)35-30-28-25(11-14-34-29(28)37-38-30)43-24-8-4-21(5-9-24)31(42)36-26-17-20(18-32)10-13-33-26/h2-5,8-11,13-14,17,22-23H,6-7,12,15-16,19H2,1H3,(H,33,36,42)(H2,34,35,37,38). The van der Waals surface area contributed by atoms with Gasteiger partial charge in [0.05, 0.1) is 11.6 Å². The fraction of sp³-hybridized carbons (Fsp3) is 0.290. The molecule has 1 saturated carbocycles. The summed E-state index contributed by atoms with van der Waals surface area (Å²) in [5.41, 5.74) is 1.38. The molecule has 0 spiro atoms. The average molecular weight is 578 g/mol. The second-order valence-corrected chi connectivity index (χ2v) is 10.7. The van der Waals surface area contributed by atoms with Crippen LogP contribution in [0, 0.1) is 11.3 Å². The molecule has 1 saturated heterocycles. The first-order valence-electron chi connectivity index (χ1n) is 14.2. The summed E-state index contributed by atoms with van der Waals surface area (Å²) in [6.07, 6.45) is 10.0. The lowest BCUT2D eigenvalue weighted by molar-refractivity contribution is -0.125. The van der Waals surface area contributed by atoms with Crippen molar-refractivity contribution in [2.75, 3.05) is 37.3 Å². The lowest BCUT2D eigenvalue weighted by atomic mass is 10.2. The third-order valence-corrected chi connectivity index (χ3v) is 7.56. The summed E-state index contributed by atoms with van der Waals surface area (Å²) in [5, 5.41) is 23.3. The molecule has 4 heterocycles. The summed E-state index contributed by atoms with van der Waals surface area (Å²) in [4.78, 5) is 38.0. The highest BCUT2D eigenvalue weighted by Gasteiger charge is 2.27. The fourth-order valence-corrected chi connectivity index (χ4v) is 5.03. The largest absolute Gasteiger partial charge is 0.456 e. The molecule has 2 amide bonds. The summed E-state index contributed by atoms with van der Waals surface area (Å²) in [6, 6.07) is 14.2. The van der Waals surface area contributed by atoms with Crippen molar-refractivity contribution in [2.24, 2.45) is 0 Å². The molecule has 1 unspecified atom stereocenters. The fourth-order valence-electron chi connectivity index (χ4n) is 5.03. The van der Waals surface area contributed by atoms with Gasteiger partial charge < -0.3 is 20.3 Å². The van der Waals surface area contributed by atoms with Gasteiger partial charge in [-0.1, -0.05) is 6.08 Å². The van der Waals surface area contributed by atoms with Gasteiger partial charge in [0.25, 0.3) is 5.91 Å². The van der Waals surface area contributed by atoms with E-state index >= 15 is 0 Å². The molecule has 1 aliphatic heterocycles. The van der Waals surface area contributed by atoms with Crippen molar-refractivity contribution in [2.45, 2.75) is 31.3 Å². The zero-order chi connectivity index (χ0) is 29.8. The van der Waals surface area contributed by atoms with Gasteiger partial charge in [-0.25, -0.2) is 9.97 Å². The maximum Gasteiger partial charge on any atom is 0.256 e. The van der Waals surface area contributed by atoms with Crippen LogP contribution in [-0.2, 0) is 4.79 Å². The molecule has 43 heavy (non-hydrogen) atoms. The van der Waals surface area contributed by atoms with Crippen LogP contribution in [0.3, 0.4) is 0 Å². The van der Waals surface area contributed by atoms with Crippen molar-refractivity contribution in [3.8, 4) is 17.6 Å². The van der Waals surface area contributed by atoms with E-state index in [1.807, 2.05) is 17.0 Å². The summed E-state index contributed by atoms with van der Waals surface area (Å²) >= 11 is 0. The number of H-pyrrole nitrogens is 1. The molecule has 1 aliphatic carbocycles. The van der Waals surface area contributed by atoms with Crippen molar-refractivity contribution in [1.29, 1.82) is 5.26 Å². The number of fused-ring (bicyclic) bond motifs is 1. The number of pyridine rings is 2. The number of nitrogens with one attached hydrogen (secondary N) is 3. The van der Waals surface area contributed by atoms with E-state index in [0.717, 1.165) is 13.0 Å². The summed E-state index contributed by atoms with van der Waals surface area (Å²) in [6.45, 7) is 2.03. The third kappa shape index (κ3) is 6.63. The number of rotatable bonds is 10. The lowest BCUT2D eigenvalue weighted by Gasteiger charge is -2.16. The van der Waals surface area contributed by atoms with E-state index in [1.54, 1.807) is 48.7 Å². The second-order valence-electron chi connectivity index (χ2n) is 10.7. The number of nitriles is 1. The van der Waals surface area contributed by atoms with Gasteiger partial charge in [0.15, 0.2) is 11.5 Å². The quantitative estimate of drug-likeness (QED) is 0.238. The van der Waals surface area contributed by atoms with E-state index in [4.69, 9.17) is 10.00 Å². The van der Waals surface area contributed by atoms with Crippen molar-refractivity contribution >= 4 is 34.5 Å². The normalized spacial score (nSPS) is 16.5. The number of carbonyl (C=O) groups is 2. The number of benzene rings is 1. The number of likely N-dealkylation sites (tertiary alicyclic amines) is 1. The highest BCUT2D eigenvalue weighted by Crippen LogP contribution is 2.33. The van der Waals surface area contributed by atoms with E-state index in [-0.39, 0.29) is 17.9 Å². The van der Waals surface area contributed by atoms with Gasteiger partial charge in [-0.3, -0.25) is 19.6 Å². The van der Waals surface area contributed by atoms with Crippen LogP contribution in [0.5, 0.6) is 11.5 Å². The van der Waals surface area contributed by atoms with E-state index in [0.29, 0.717) is 64.4 Å². The minimum Gasteiger partial charge on any atom is -0.456 e. The molecule has 3 N–H and O–H groups in total. The van der Waals surface area contributed by atoms with Crippen molar-refractivity contribution < 1.29 is 14.3 Å². The Bertz CT molecular complexity index is 1710. The number of anilines is 2. The first-order chi connectivity index (χ1) is 21.0. The SMILES string of the molecule is CN(CC=CC(=O)N1CCC(Nc2n[nH]c3nccc(Oc4ccc(C(=O)Nc5cc(C#N)ccn5)cc4)c23)C1)C1CC1. The topological polar surface area (TPSA) is 152 Å². The maximum atomic E-state index is 12.7. The summed E-state index contributed by atoms with van der Waals surface area (Å²) in [7, 11) is 2.09. The monoisotopic (exact) mass is 577 g/mol. The van der Waals surface area contributed by atoms with Crippen LogP contribution >= 0.6 is 0 Å². The second kappa shape index (κ2) is 12.3. The number of amides is 2. The molecular weight excluding hydrogens is 546 g/mol. The Morgan fingerprint density at radius 1 is 1.16 bits per heavy atom. The van der Waals surface area contributed by atoms with Gasteiger partial charge >= 0.3 is 0 Å². The zero-order valence-corrected chi connectivity index (χ0v) is 23.7. The number of likely N-dealkylation sites (N-methyl/N-ethyl adjacent to an activating group) is 1. The number of ether oxygens (including phenoxy) is 1. The maximum absolute atomic E-state index is 12.7. The van der Waals surface area contributed by atoms with Crippen LogP contribution < -0.4 is 15.4 Å². The number of hydrogen-bond acceptors (Lipinski definition) is 9. The minimum atomic E-state index is -0.355. The molecule has 0 radical (unpaired) electrons. The Morgan fingerprint density at radius 3 is 2.77 bits per heavy atom. The summed E-state index contributed by atoms with van der Waals surface area (Å²) < 4.78 is 6.18. The van der Waals surface area contributed by atoms with Crippen LogP contribution in [0.4, 0.5) is 11.6 Å². The van der Waals surface area contributed by atoms with Crippen LogP contribution in [0.15, 0.2) is 67.0 Å². The van der Waals surface area contributed by atoms with Gasteiger partial charge in [-0.2, -0.15) is 10.4 Å². The van der Waals surface area contributed by atoms with E-state index in [9.17, 15) is 9.59 Å². The molecular formula is C31H31N9O3. The highest BCUT2D eigenvalue weighted by molar-refractivity contribution is 6.04. The van der Waals surface area contributed by atoms with Gasteiger partial charge in [0, 0.05) is 61.8 Å². The molecule has 1 aromatic carbocycles. The van der Waals surface area contributed by atoms with Crippen molar-refractivity contribution in [3.05, 3.63) is 78.1 Å². The summed E-state index contributed by atoms with van der Waals surface area (Å²) in [5.74, 6) is 1.64. The number of nitrogens with zero attached hydrogens (tertiary/aromatic N) is 6. The molecule has 3 aromatic heterocycles. The van der Waals surface area contributed by atoms with Gasteiger partial charge in [0.1, 0.15) is 22.7 Å². The first kappa shape index (κ1) is 27.9. The van der Waals surface area contributed by atoms with Crippen molar-refractivity contribution in [3.63, 3.8) is 0 Å². The Kier molecular flexibility index (Phi) is 7.97. The first-order valence-corrected chi connectivity index (χ1v) is 14.2. The number of aromatic nitrogens is 4. The smallest absolute Gasteiger partial charge is 0.256 e. The number of hydrogen-bond donors (Lipinski definition) is 3. The average Bonchev–Trinajstić information content (AvgIpc) is 3.64. The molecule has 1 atom stereocenters. The molecule has 218 valence electrons. The highest BCUT2D eigenvalue weighted by atomic mass is 16.5. The zero-order valence-electron chi connectivity index (χ0n) is 23.7. The lowest BCUT2D eigenvalue weighted by Crippen LogP contribution is -2.30. The Labute approximate surface area is 248 Å². The van der Waals surface area contributed by atoms with E-state index in [2.05, 4.69) is 42.7 Å². The van der Waals surface area contributed by atoms with E-state index < -0.39 is 0 Å². The minimum absolute atomic E-state index is 0.0233. The van der Waals surface area contributed by atoms with Crippen LogP contribution in [-0.4, -0.2) is 80.5 Å².